The predicted molar refractivity (Wildman–Crippen MR) is 67.4 cm³/mol. The Morgan fingerprint density at radius 3 is 2.83 bits per heavy atom. The Bertz CT molecular complexity index is 733. The van der Waals surface area contributed by atoms with Crippen molar-refractivity contribution in [3.63, 3.8) is 0 Å². The third-order valence-corrected chi connectivity index (χ3v) is 3.01. The van der Waals surface area contributed by atoms with Crippen LogP contribution in [-0.2, 0) is 0 Å². The van der Waals surface area contributed by atoms with E-state index in [9.17, 15) is 5.11 Å². The number of hydrogen-bond donors (Lipinski definition) is 1. The van der Waals surface area contributed by atoms with Gasteiger partial charge in [-0.3, -0.25) is 4.98 Å². The lowest BCUT2D eigenvalue weighted by Gasteiger charge is -2.10. The SMILES string of the molecule is Cc1nc2ccnn2c(-c2cncc(O)c2)c1C. The fraction of sp³-hybridized carbons (Fsp3) is 0.154. The van der Waals surface area contributed by atoms with E-state index in [0.29, 0.717) is 0 Å². The number of aromatic hydroxyl groups is 1. The van der Waals surface area contributed by atoms with Crippen LogP contribution in [0.3, 0.4) is 0 Å². The molecule has 3 aromatic rings. The first kappa shape index (κ1) is 10.7. The normalized spacial score (nSPS) is 11.0. The van der Waals surface area contributed by atoms with Crippen molar-refractivity contribution >= 4 is 5.65 Å². The van der Waals surface area contributed by atoms with Crippen LogP contribution in [0.25, 0.3) is 16.9 Å². The van der Waals surface area contributed by atoms with Gasteiger partial charge in [-0.05, 0) is 25.5 Å². The van der Waals surface area contributed by atoms with Gasteiger partial charge in [-0.1, -0.05) is 0 Å². The van der Waals surface area contributed by atoms with Gasteiger partial charge >= 0.3 is 0 Å². The minimum absolute atomic E-state index is 0.140. The first-order valence-corrected chi connectivity index (χ1v) is 5.62. The first-order valence-electron chi connectivity index (χ1n) is 5.62. The van der Waals surface area contributed by atoms with Crippen LogP contribution in [0.5, 0.6) is 5.75 Å². The summed E-state index contributed by atoms with van der Waals surface area (Å²) in [5, 5.41) is 13.8. The molecule has 0 atom stereocenters. The van der Waals surface area contributed by atoms with Crippen LogP contribution in [0, 0.1) is 13.8 Å². The van der Waals surface area contributed by atoms with Crippen molar-refractivity contribution in [2.24, 2.45) is 0 Å². The van der Waals surface area contributed by atoms with E-state index in [1.165, 1.54) is 6.20 Å². The maximum Gasteiger partial charge on any atom is 0.155 e. The fourth-order valence-corrected chi connectivity index (χ4v) is 2.04. The van der Waals surface area contributed by atoms with Crippen LogP contribution in [0.15, 0.2) is 30.7 Å². The smallest absolute Gasteiger partial charge is 0.155 e. The summed E-state index contributed by atoms with van der Waals surface area (Å²) >= 11 is 0. The average molecular weight is 240 g/mol. The molecule has 1 N–H and O–H groups in total. The molecular weight excluding hydrogens is 228 g/mol. The molecule has 3 rings (SSSR count). The lowest BCUT2D eigenvalue weighted by Crippen LogP contribution is -2.02. The molecule has 5 nitrogen and oxygen atoms in total. The van der Waals surface area contributed by atoms with Crippen molar-refractivity contribution in [3.8, 4) is 17.0 Å². The number of rotatable bonds is 1. The highest BCUT2D eigenvalue weighted by Gasteiger charge is 2.12. The molecule has 0 aliphatic heterocycles. The molecule has 0 aliphatic rings. The van der Waals surface area contributed by atoms with E-state index in [-0.39, 0.29) is 5.75 Å². The Balaban J connectivity index is 2.40. The summed E-state index contributed by atoms with van der Waals surface area (Å²) in [4.78, 5) is 8.47. The van der Waals surface area contributed by atoms with Crippen molar-refractivity contribution in [2.45, 2.75) is 13.8 Å². The largest absolute Gasteiger partial charge is 0.506 e. The van der Waals surface area contributed by atoms with Crippen LogP contribution < -0.4 is 0 Å². The maximum absolute atomic E-state index is 9.55. The van der Waals surface area contributed by atoms with Gasteiger partial charge in [0.15, 0.2) is 5.65 Å². The second-order valence-corrected chi connectivity index (χ2v) is 4.20. The molecule has 0 fully saturated rings. The topological polar surface area (TPSA) is 63.3 Å². The van der Waals surface area contributed by atoms with Gasteiger partial charge in [0.25, 0.3) is 0 Å². The highest BCUT2D eigenvalue weighted by atomic mass is 16.3. The zero-order valence-electron chi connectivity index (χ0n) is 10.1. The third-order valence-electron chi connectivity index (χ3n) is 3.01. The molecule has 3 heterocycles. The molecule has 0 radical (unpaired) electrons. The van der Waals surface area contributed by atoms with E-state index >= 15 is 0 Å². The second-order valence-electron chi connectivity index (χ2n) is 4.20. The number of pyridine rings is 1. The van der Waals surface area contributed by atoms with E-state index in [1.807, 2.05) is 19.9 Å². The number of aromatic nitrogens is 4. The number of nitrogens with zero attached hydrogens (tertiary/aromatic N) is 4. The predicted octanol–water partition coefficient (Wildman–Crippen LogP) is 2.11. The third kappa shape index (κ3) is 1.52. The van der Waals surface area contributed by atoms with Gasteiger partial charge < -0.3 is 5.11 Å². The summed E-state index contributed by atoms with van der Waals surface area (Å²) in [5.74, 6) is 0.140. The van der Waals surface area contributed by atoms with Gasteiger partial charge in [0, 0.05) is 23.5 Å². The zero-order valence-corrected chi connectivity index (χ0v) is 10.1. The van der Waals surface area contributed by atoms with Crippen molar-refractivity contribution in [2.75, 3.05) is 0 Å². The number of aryl methyl sites for hydroxylation is 1. The molecule has 0 saturated carbocycles. The summed E-state index contributed by atoms with van der Waals surface area (Å²) in [6.07, 6.45) is 4.83. The molecular formula is C13H12N4O. The van der Waals surface area contributed by atoms with E-state index in [4.69, 9.17) is 0 Å². The quantitative estimate of drug-likeness (QED) is 0.707. The minimum atomic E-state index is 0.140. The Hall–Kier alpha value is -2.43. The van der Waals surface area contributed by atoms with E-state index < -0.39 is 0 Å². The van der Waals surface area contributed by atoms with Gasteiger partial charge in [0.05, 0.1) is 18.1 Å². The highest BCUT2D eigenvalue weighted by molar-refractivity contribution is 5.67. The van der Waals surface area contributed by atoms with Gasteiger partial charge in [-0.2, -0.15) is 5.10 Å². The summed E-state index contributed by atoms with van der Waals surface area (Å²) in [7, 11) is 0. The zero-order chi connectivity index (χ0) is 12.7. The average Bonchev–Trinajstić information content (AvgIpc) is 2.78. The van der Waals surface area contributed by atoms with Gasteiger partial charge in [-0.15, -0.1) is 0 Å². The summed E-state index contributed by atoms with van der Waals surface area (Å²) < 4.78 is 1.76. The lowest BCUT2D eigenvalue weighted by atomic mass is 10.1. The molecule has 0 aliphatic carbocycles. The molecule has 0 saturated heterocycles. The molecule has 5 heteroatoms. The van der Waals surface area contributed by atoms with Crippen molar-refractivity contribution in [3.05, 3.63) is 42.0 Å². The number of fused-ring (bicyclic) bond motifs is 1. The van der Waals surface area contributed by atoms with Gasteiger partial charge in [-0.25, -0.2) is 9.50 Å². The van der Waals surface area contributed by atoms with Crippen LogP contribution in [0.2, 0.25) is 0 Å². The molecule has 0 aromatic carbocycles. The molecule has 0 amide bonds. The van der Waals surface area contributed by atoms with Crippen LogP contribution >= 0.6 is 0 Å². The molecule has 0 spiro atoms. The number of hydrogen-bond acceptors (Lipinski definition) is 4. The van der Waals surface area contributed by atoms with E-state index in [2.05, 4.69) is 15.1 Å². The second kappa shape index (κ2) is 3.80. The van der Waals surface area contributed by atoms with Crippen LogP contribution in [-0.4, -0.2) is 24.7 Å². The Kier molecular flexibility index (Phi) is 2.26. The maximum atomic E-state index is 9.55. The van der Waals surface area contributed by atoms with E-state index in [0.717, 1.165) is 28.2 Å². The van der Waals surface area contributed by atoms with Crippen molar-refractivity contribution in [1.82, 2.24) is 19.6 Å². The monoisotopic (exact) mass is 240 g/mol. The minimum Gasteiger partial charge on any atom is -0.506 e. The Labute approximate surface area is 104 Å². The highest BCUT2D eigenvalue weighted by Crippen LogP contribution is 2.26. The lowest BCUT2D eigenvalue weighted by molar-refractivity contribution is 0.473. The standard InChI is InChI=1S/C13H12N4O/c1-8-9(2)16-12-3-4-15-17(12)13(8)10-5-11(18)7-14-6-10/h3-7,18H,1-2H3. The van der Waals surface area contributed by atoms with Gasteiger partial charge in [0.2, 0.25) is 0 Å². The summed E-state index contributed by atoms with van der Waals surface area (Å²) in [6.45, 7) is 3.95. The molecule has 0 unspecified atom stereocenters. The van der Waals surface area contributed by atoms with Gasteiger partial charge in [0.1, 0.15) is 5.75 Å². The summed E-state index contributed by atoms with van der Waals surface area (Å²) in [5.41, 5.74) is 4.49. The van der Waals surface area contributed by atoms with Crippen molar-refractivity contribution in [1.29, 1.82) is 0 Å². The van der Waals surface area contributed by atoms with E-state index in [1.54, 1.807) is 23.0 Å². The molecule has 0 bridgehead atoms. The van der Waals surface area contributed by atoms with Crippen LogP contribution in [0.4, 0.5) is 0 Å². The molecule has 18 heavy (non-hydrogen) atoms. The summed E-state index contributed by atoms with van der Waals surface area (Å²) in [6, 6.07) is 3.53. The Morgan fingerprint density at radius 2 is 2.06 bits per heavy atom. The molecule has 90 valence electrons. The first-order chi connectivity index (χ1) is 8.66. The fourth-order valence-electron chi connectivity index (χ4n) is 2.04. The van der Waals surface area contributed by atoms with Crippen molar-refractivity contribution < 1.29 is 5.11 Å². The Morgan fingerprint density at radius 1 is 1.22 bits per heavy atom. The molecule has 3 aromatic heterocycles. The van der Waals surface area contributed by atoms with Crippen LogP contribution in [0.1, 0.15) is 11.3 Å².